The molecule has 2 aliphatic rings. The first-order chi connectivity index (χ1) is 13.9. The summed E-state index contributed by atoms with van der Waals surface area (Å²) in [6.45, 7) is 4.62. The summed E-state index contributed by atoms with van der Waals surface area (Å²) in [5, 5.41) is 7.08. The Bertz CT molecular complexity index is 1030. The van der Waals surface area contributed by atoms with Crippen molar-refractivity contribution in [2.45, 2.75) is 20.4 Å². The Labute approximate surface area is 171 Å². The molecule has 10 heteroatoms. The first kappa shape index (κ1) is 19.0. The number of anilines is 1. The molecule has 3 amide bonds. The zero-order chi connectivity index (χ0) is 20.5. The number of carbonyl (C=O) groups excluding carboxylic acids is 2. The predicted molar refractivity (Wildman–Crippen MR) is 105 cm³/mol. The number of amidine groups is 1. The van der Waals surface area contributed by atoms with Crippen LogP contribution in [0.2, 0.25) is 5.02 Å². The van der Waals surface area contributed by atoms with Gasteiger partial charge in [0.15, 0.2) is 0 Å². The van der Waals surface area contributed by atoms with Gasteiger partial charge in [-0.1, -0.05) is 28.9 Å². The number of carbonyl (C=O) groups is 2. The number of hydrogen-bond donors (Lipinski definition) is 1. The van der Waals surface area contributed by atoms with Crippen molar-refractivity contribution in [3.8, 4) is 0 Å². The van der Waals surface area contributed by atoms with Crippen molar-refractivity contribution in [1.82, 2.24) is 15.0 Å². The number of ether oxygens (including phenoxy) is 1. The highest BCUT2D eigenvalue weighted by Gasteiger charge is 2.34. The maximum Gasteiger partial charge on any atom is 0.348 e. The van der Waals surface area contributed by atoms with Crippen molar-refractivity contribution in [3.63, 3.8) is 0 Å². The van der Waals surface area contributed by atoms with Crippen molar-refractivity contribution in [2.24, 2.45) is 4.99 Å². The van der Waals surface area contributed by atoms with E-state index in [1.165, 1.54) is 6.26 Å². The van der Waals surface area contributed by atoms with Crippen LogP contribution in [0.25, 0.3) is 0 Å². The molecule has 1 aromatic carbocycles. The van der Waals surface area contributed by atoms with E-state index in [0.717, 1.165) is 11.3 Å². The van der Waals surface area contributed by atoms with Gasteiger partial charge in [0.05, 0.1) is 22.9 Å². The van der Waals surface area contributed by atoms with Crippen LogP contribution in [0.5, 0.6) is 0 Å². The molecular formula is C19H18ClN5O4. The van der Waals surface area contributed by atoms with Crippen molar-refractivity contribution in [2.75, 3.05) is 18.4 Å². The van der Waals surface area contributed by atoms with Crippen LogP contribution in [0, 0.1) is 13.8 Å². The van der Waals surface area contributed by atoms with Gasteiger partial charge in [-0.2, -0.15) is 0 Å². The Kier molecular flexibility index (Phi) is 4.98. The van der Waals surface area contributed by atoms with Crippen molar-refractivity contribution in [3.05, 3.63) is 58.3 Å². The van der Waals surface area contributed by atoms with Crippen LogP contribution in [0.15, 0.2) is 45.7 Å². The van der Waals surface area contributed by atoms with E-state index < -0.39 is 11.9 Å². The van der Waals surface area contributed by atoms with Crippen molar-refractivity contribution in [1.29, 1.82) is 0 Å². The van der Waals surface area contributed by atoms with E-state index in [9.17, 15) is 9.59 Å². The Morgan fingerprint density at radius 2 is 2.07 bits per heavy atom. The molecule has 4 rings (SSSR count). The highest BCUT2D eigenvalue weighted by molar-refractivity contribution is 6.33. The number of aromatic nitrogens is 1. The number of halogens is 1. The van der Waals surface area contributed by atoms with Gasteiger partial charge in [0, 0.05) is 18.7 Å². The molecule has 0 saturated heterocycles. The van der Waals surface area contributed by atoms with E-state index in [-0.39, 0.29) is 11.7 Å². The van der Waals surface area contributed by atoms with Crippen LogP contribution in [0.4, 0.5) is 10.5 Å². The van der Waals surface area contributed by atoms with Gasteiger partial charge in [-0.3, -0.25) is 9.69 Å². The summed E-state index contributed by atoms with van der Waals surface area (Å²) in [5.41, 5.74) is 2.30. The van der Waals surface area contributed by atoms with Gasteiger partial charge in [0.2, 0.25) is 0 Å². The van der Waals surface area contributed by atoms with Gasteiger partial charge in [-0.25, -0.2) is 4.79 Å². The topological polar surface area (TPSA) is 100 Å². The fraction of sp³-hybridized carbons (Fsp3) is 0.263. The van der Waals surface area contributed by atoms with Crippen LogP contribution >= 0.6 is 11.6 Å². The van der Waals surface area contributed by atoms with Gasteiger partial charge in [0.1, 0.15) is 17.7 Å². The standard InChI is InChI=1S/C19H18ClN5O4/c1-11-13(12(2)29-23-11)9-24-7-8-25-16(10-28-19(25)22-18(24)27)17(26)21-15-6-4-3-5-14(15)20/h3-6,10H,7-9H2,1-2H3,(H,21,26). The van der Waals surface area contributed by atoms with E-state index in [1.54, 1.807) is 41.0 Å². The highest BCUT2D eigenvalue weighted by Crippen LogP contribution is 2.25. The molecular weight excluding hydrogens is 398 g/mol. The van der Waals surface area contributed by atoms with Gasteiger partial charge in [0.25, 0.3) is 5.91 Å². The molecule has 0 radical (unpaired) electrons. The molecule has 0 aliphatic carbocycles. The smallest absolute Gasteiger partial charge is 0.348 e. The van der Waals surface area contributed by atoms with Crippen LogP contribution in [-0.4, -0.2) is 46.0 Å². The van der Waals surface area contributed by atoms with Crippen LogP contribution in [0.3, 0.4) is 0 Å². The number of hydrogen-bond acceptors (Lipinski definition) is 6. The molecule has 0 unspecified atom stereocenters. The van der Waals surface area contributed by atoms with Crippen LogP contribution < -0.4 is 5.32 Å². The zero-order valence-electron chi connectivity index (χ0n) is 15.8. The molecule has 29 heavy (non-hydrogen) atoms. The molecule has 1 N–H and O–H groups in total. The lowest BCUT2D eigenvalue weighted by Gasteiger charge is -2.21. The average molecular weight is 416 g/mol. The summed E-state index contributed by atoms with van der Waals surface area (Å²) in [6, 6.07) is 6.54. The number of nitrogens with zero attached hydrogens (tertiary/aromatic N) is 4. The molecule has 0 saturated carbocycles. The average Bonchev–Trinajstić information content (AvgIpc) is 3.19. The molecule has 2 aromatic rings. The molecule has 0 spiro atoms. The maximum absolute atomic E-state index is 12.7. The summed E-state index contributed by atoms with van der Waals surface area (Å²) in [6.07, 6.45) is 1.28. The second-order valence-electron chi connectivity index (χ2n) is 6.61. The van der Waals surface area contributed by atoms with Gasteiger partial charge in [-0.15, -0.1) is 4.99 Å². The lowest BCUT2D eigenvalue weighted by Crippen LogP contribution is -2.36. The summed E-state index contributed by atoms with van der Waals surface area (Å²) in [7, 11) is 0. The molecule has 0 atom stereocenters. The van der Waals surface area contributed by atoms with Crippen LogP contribution in [0.1, 0.15) is 17.0 Å². The molecule has 2 aliphatic heterocycles. The first-order valence-electron chi connectivity index (χ1n) is 8.93. The van der Waals surface area contributed by atoms with Gasteiger partial charge in [-0.05, 0) is 26.0 Å². The zero-order valence-corrected chi connectivity index (χ0v) is 16.6. The minimum absolute atomic E-state index is 0.0700. The molecule has 0 bridgehead atoms. The first-order valence-corrected chi connectivity index (χ1v) is 9.31. The number of aliphatic imine (C=N–C) groups is 1. The summed E-state index contributed by atoms with van der Waals surface area (Å²) in [5.74, 6) is 0.249. The van der Waals surface area contributed by atoms with E-state index in [4.69, 9.17) is 20.9 Å². The second-order valence-corrected chi connectivity index (χ2v) is 7.01. The Morgan fingerprint density at radius 3 is 2.79 bits per heavy atom. The number of nitrogens with one attached hydrogen (secondary N) is 1. The number of benzene rings is 1. The SMILES string of the molecule is Cc1noc(C)c1CN1CCN2C(C(=O)Nc3ccccc3Cl)=COC2=NC1=O. The van der Waals surface area contributed by atoms with E-state index in [0.29, 0.717) is 36.1 Å². The third-order valence-corrected chi connectivity index (χ3v) is 5.07. The number of para-hydroxylation sites is 1. The van der Waals surface area contributed by atoms with E-state index >= 15 is 0 Å². The number of aryl methyl sites for hydroxylation is 2. The largest absolute Gasteiger partial charge is 0.431 e. The normalized spacial score (nSPS) is 16.0. The van der Waals surface area contributed by atoms with Crippen LogP contribution in [-0.2, 0) is 16.1 Å². The van der Waals surface area contributed by atoms with E-state index in [1.807, 2.05) is 6.92 Å². The second kappa shape index (κ2) is 7.59. The number of amides is 3. The molecule has 9 nitrogen and oxygen atoms in total. The Morgan fingerprint density at radius 1 is 1.28 bits per heavy atom. The Hall–Kier alpha value is -3.33. The molecule has 3 heterocycles. The minimum Gasteiger partial charge on any atom is -0.431 e. The third-order valence-electron chi connectivity index (χ3n) is 4.74. The lowest BCUT2D eigenvalue weighted by molar-refractivity contribution is -0.113. The third kappa shape index (κ3) is 3.68. The summed E-state index contributed by atoms with van der Waals surface area (Å²) in [4.78, 5) is 32.4. The quantitative estimate of drug-likeness (QED) is 0.823. The summed E-state index contributed by atoms with van der Waals surface area (Å²) >= 11 is 6.10. The van der Waals surface area contributed by atoms with E-state index in [2.05, 4.69) is 15.5 Å². The maximum atomic E-state index is 12.7. The highest BCUT2D eigenvalue weighted by atomic mass is 35.5. The molecule has 1 aromatic heterocycles. The fourth-order valence-electron chi connectivity index (χ4n) is 3.10. The van der Waals surface area contributed by atoms with Gasteiger partial charge < -0.3 is 19.5 Å². The lowest BCUT2D eigenvalue weighted by atomic mass is 10.2. The number of rotatable bonds is 4. The molecule has 0 fully saturated rings. The summed E-state index contributed by atoms with van der Waals surface area (Å²) < 4.78 is 10.5. The number of fused-ring (bicyclic) bond motifs is 1. The predicted octanol–water partition coefficient (Wildman–Crippen LogP) is 3.05. The molecule has 150 valence electrons. The van der Waals surface area contributed by atoms with Crippen molar-refractivity contribution < 1.29 is 18.8 Å². The monoisotopic (exact) mass is 415 g/mol. The minimum atomic E-state index is -0.455. The fourth-order valence-corrected chi connectivity index (χ4v) is 3.28. The van der Waals surface area contributed by atoms with Crippen molar-refractivity contribution >= 4 is 35.2 Å². The Balaban J connectivity index is 1.49. The van der Waals surface area contributed by atoms with Gasteiger partial charge >= 0.3 is 12.1 Å². The number of urea groups is 1.